The minimum Gasteiger partial charge on any atom is -0.293 e. The van der Waals surface area contributed by atoms with E-state index in [4.69, 9.17) is 16.9 Å². The number of benzene rings is 1. The zero-order valence-corrected chi connectivity index (χ0v) is 16.2. The van der Waals surface area contributed by atoms with Gasteiger partial charge in [0.25, 0.3) is 0 Å². The lowest BCUT2D eigenvalue weighted by molar-refractivity contribution is 0.101. The second-order valence-electron chi connectivity index (χ2n) is 6.46. The van der Waals surface area contributed by atoms with Crippen LogP contribution in [0, 0.1) is 18.3 Å². The van der Waals surface area contributed by atoms with E-state index in [1.807, 2.05) is 40.7 Å². The molecule has 3 aromatic rings. The first-order valence-electron chi connectivity index (χ1n) is 8.73. The van der Waals surface area contributed by atoms with E-state index in [-0.39, 0.29) is 11.8 Å². The van der Waals surface area contributed by atoms with Gasteiger partial charge in [0.15, 0.2) is 5.78 Å². The van der Waals surface area contributed by atoms with Crippen LogP contribution in [-0.4, -0.2) is 25.3 Å². The Morgan fingerprint density at radius 1 is 1.30 bits per heavy atom. The molecular weight excluding hydrogens is 362 g/mol. The molecule has 6 nitrogen and oxygen atoms in total. The molecule has 1 aromatic carbocycles. The van der Waals surface area contributed by atoms with Crippen molar-refractivity contribution in [3.63, 3.8) is 0 Å². The predicted molar refractivity (Wildman–Crippen MR) is 104 cm³/mol. The third-order valence-electron chi connectivity index (χ3n) is 4.52. The molecule has 0 aliphatic carbocycles. The van der Waals surface area contributed by atoms with Crippen molar-refractivity contribution in [3.8, 4) is 17.3 Å². The number of carbonyl (C=O) groups is 1. The molecule has 0 unspecified atom stereocenters. The Morgan fingerprint density at radius 3 is 2.67 bits per heavy atom. The van der Waals surface area contributed by atoms with Crippen LogP contribution in [0.25, 0.3) is 11.3 Å². The van der Waals surface area contributed by atoms with E-state index in [0.717, 1.165) is 23.4 Å². The largest absolute Gasteiger partial charge is 0.293 e. The molecule has 0 fully saturated rings. The van der Waals surface area contributed by atoms with Gasteiger partial charge in [0, 0.05) is 24.4 Å². The summed E-state index contributed by atoms with van der Waals surface area (Å²) in [5, 5.41) is 18.5. The molecule has 0 saturated carbocycles. The first-order valence-corrected chi connectivity index (χ1v) is 9.11. The summed E-state index contributed by atoms with van der Waals surface area (Å²) >= 11 is 6.12. The van der Waals surface area contributed by atoms with E-state index in [0.29, 0.717) is 22.8 Å². The third-order valence-corrected chi connectivity index (χ3v) is 4.84. The van der Waals surface area contributed by atoms with Crippen molar-refractivity contribution >= 4 is 17.4 Å². The summed E-state index contributed by atoms with van der Waals surface area (Å²) in [6, 6.07) is 11.2. The maximum Gasteiger partial charge on any atom is 0.179 e. The van der Waals surface area contributed by atoms with E-state index in [9.17, 15) is 4.79 Å². The highest BCUT2D eigenvalue weighted by molar-refractivity contribution is 6.32. The minimum atomic E-state index is -0.0363. The number of nitrogens with zero attached hydrogens (tertiary/aromatic N) is 5. The van der Waals surface area contributed by atoms with Gasteiger partial charge < -0.3 is 0 Å². The molecule has 0 spiro atoms. The minimum absolute atomic E-state index is 0.0363. The van der Waals surface area contributed by atoms with Gasteiger partial charge >= 0.3 is 0 Å². The van der Waals surface area contributed by atoms with Gasteiger partial charge in [-0.3, -0.25) is 14.2 Å². The fourth-order valence-corrected chi connectivity index (χ4v) is 3.23. The summed E-state index contributed by atoms with van der Waals surface area (Å²) in [5.41, 5.74) is 3.54. The zero-order valence-electron chi connectivity index (χ0n) is 15.5. The summed E-state index contributed by atoms with van der Waals surface area (Å²) in [6.45, 7) is 6.20. The number of hydrogen-bond acceptors (Lipinski definition) is 4. The average molecular weight is 382 g/mol. The Morgan fingerprint density at radius 2 is 2.07 bits per heavy atom. The first-order chi connectivity index (χ1) is 12.9. The molecule has 0 bridgehead atoms. The molecule has 0 radical (unpaired) electrons. The topological polar surface area (TPSA) is 76.5 Å². The van der Waals surface area contributed by atoms with Crippen LogP contribution in [-0.2, 0) is 6.54 Å². The highest BCUT2D eigenvalue weighted by Crippen LogP contribution is 2.25. The fourth-order valence-electron chi connectivity index (χ4n) is 3.01. The van der Waals surface area contributed by atoms with E-state index in [1.54, 1.807) is 12.1 Å². The van der Waals surface area contributed by atoms with E-state index in [1.165, 1.54) is 6.92 Å². The molecular formula is C20H20ClN5O. The summed E-state index contributed by atoms with van der Waals surface area (Å²) < 4.78 is 3.76. The molecule has 7 heteroatoms. The Balaban J connectivity index is 1.83. The molecule has 138 valence electrons. The number of ketones is 1. The average Bonchev–Trinajstić information content (AvgIpc) is 3.26. The number of hydrogen-bond donors (Lipinski definition) is 0. The lowest BCUT2D eigenvalue weighted by atomic mass is 10.1. The molecule has 0 aliphatic heterocycles. The van der Waals surface area contributed by atoms with Crippen LogP contribution >= 0.6 is 11.6 Å². The summed E-state index contributed by atoms with van der Waals surface area (Å²) in [5.74, 6) is -0.0363. The highest BCUT2D eigenvalue weighted by atomic mass is 35.5. The van der Waals surface area contributed by atoms with Gasteiger partial charge in [0.2, 0.25) is 0 Å². The number of rotatable bonds is 6. The van der Waals surface area contributed by atoms with Crippen molar-refractivity contribution in [3.05, 3.63) is 58.5 Å². The van der Waals surface area contributed by atoms with E-state index >= 15 is 0 Å². The van der Waals surface area contributed by atoms with Gasteiger partial charge in [-0.2, -0.15) is 15.5 Å². The van der Waals surface area contributed by atoms with Gasteiger partial charge in [0.1, 0.15) is 11.8 Å². The quantitative estimate of drug-likeness (QED) is 0.591. The normalized spacial score (nSPS) is 12.0. The number of nitriles is 1. The summed E-state index contributed by atoms with van der Waals surface area (Å²) in [7, 11) is 0. The Labute approximate surface area is 163 Å². The number of Topliss-reactive ketones (excluding diaryl/α,β-unsaturated/α-hetero) is 1. The van der Waals surface area contributed by atoms with Crippen molar-refractivity contribution in [2.45, 2.75) is 39.8 Å². The Hall–Kier alpha value is -2.91. The fraction of sp³-hybridized carbons (Fsp3) is 0.300. The van der Waals surface area contributed by atoms with Crippen molar-refractivity contribution in [1.29, 1.82) is 5.26 Å². The predicted octanol–water partition coefficient (Wildman–Crippen LogP) is 4.43. The van der Waals surface area contributed by atoms with Crippen LogP contribution in [0.4, 0.5) is 0 Å². The van der Waals surface area contributed by atoms with Crippen molar-refractivity contribution < 1.29 is 4.79 Å². The van der Waals surface area contributed by atoms with Crippen molar-refractivity contribution in [2.75, 3.05) is 0 Å². The SMILES string of the molecule is CC[C@H](Cn1ccc(-c2ccc(C#N)c(Cl)c2)n1)n1nc(C(C)=O)cc1C. The first kappa shape index (κ1) is 18.9. The van der Waals surface area contributed by atoms with Gasteiger partial charge in [0.05, 0.1) is 28.9 Å². The van der Waals surface area contributed by atoms with Crippen molar-refractivity contribution in [1.82, 2.24) is 19.6 Å². The smallest absolute Gasteiger partial charge is 0.179 e. The molecule has 0 saturated heterocycles. The van der Waals surface area contributed by atoms with Crippen molar-refractivity contribution in [2.24, 2.45) is 0 Å². The highest BCUT2D eigenvalue weighted by Gasteiger charge is 2.17. The molecule has 2 aromatic heterocycles. The molecule has 0 N–H and O–H groups in total. The van der Waals surface area contributed by atoms with Gasteiger partial charge in [-0.1, -0.05) is 24.6 Å². The number of halogens is 1. The molecule has 1 atom stereocenters. The van der Waals surface area contributed by atoms with Gasteiger partial charge in [-0.15, -0.1) is 0 Å². The standard InChI is InChI=1S/C20H20ClN5O/c1-4-17(26-13(2)9-20(24-26)14(3)27)12-25-8-7-19(23-25)15-5-6-16(11-22)18(21)10-15/h5-10,17H,4,12H2,1-3H3/t17-/m1/s1. The van der Waals surface area contributed by atoms with Crippen LogP contribution < -0.4 is 0 Å². The van der Waals surface area contributed by atoms with E-state index in [2.05, 4.69) is 23.2 Å². The number of aromatic nitrogens is 4. The molecule has 27 heavy (non-hydrogen) atoms. The Kier molecular flexibility index (Phi) is 5.43. The number of carbonyl (C=O) groups excluding carboxylic acids is 1. The maximum absolute atomic E-state index is 11.6. The second-order valence-corrected chi connectivity index (χ2v) is 6.87. The Bertz CT molecular complexity index is 1030. The van der Waals surface area contributed by atoms with Crippen LogP contribution in [0.5, 0.6) is 0 Å². The van der Waals surface area contributed by atoms with Crippen LogP contribution in [0.15, 0.2) is 36.5 Å². The lowest BCUT2D eigenvalue weighted by Gasteiger charge is -2.17. The van der Waals surface area contributed by atoms with Crippen LogP contribution in [0.3, 0.4) is 0 Å². The third kappa shape index (κ3) is 3.93. The van der Waals surface area contributed by atoms with Crippen LogP contribution in [0.1, 0.15) is 48.1 Å². The molecule has 3 rings (SSSR count). The molecule has 2 heterocycles. The summed E-state index contributed by atoms with van der Waals surface area (Å²) in [6.07, 6.45) is 2.77. The monoisotopic (exact) mass is 381 g/mol. The maximum atomic E-state index is 11.6. The number of aryl methyl sites for hydroxylation is 1. The second kappa shape index (κ2) is 7.77. The molecule has 0 aliphatic rings. The van der Waals surface area contributed by atoms with Gasteiger partial charge in [-0.25, -0.2) is 0 Å². The zero-order chi connectivity index (χ0) is 19.6. The van der Waals surface area contributed by atoms with Gasteiger partial charge in [-0.05, 0) is 37.6 Å². The lowest BCUT2D eigenvalue weighted by Crippen LogP contribution is -2.18. The van der Waals surface area contributed by atoms with Crippen LogP contribution in [0.2, 0.25) is 5.02 Å². The molecule has 0 amide bonds. The van der Waals surface area contributed by atoms with E-state index < -0.39 is 0 Å². The summed E-state index contributed by atoms with van der Waals surface area (Å²) in [4.78, 5) is 11.6.